The summed E-state index contributed by atoms with van der Waals surface area (Å²) in [6.45, 7) is 4.77. The lowest BCUT2D eigenvalue weighted by atomic mass is 10.2. The lowest BCUT2D eigenvalue weighted by Gasteiger charge is -2.12. The molecule has 0 aliphatic heterocycles. The van der Waals surface area contributed by atoms with E-state index < -0.39 is 0 Å². The maximum Gasteiger partial charge on any atom is 0.173 e. The minimum Gasteiger partial charge on any atom is -0.308 e. The van der Waals surface area contributed by atoms with Crippen molar-refractivity contribution in [3.63, 3.8) is 0 Å². The minimum absolute atomic E-state index is 0.00305. The third kappa shape index (κ3) is 2.56. The number of hydrogen-bond donors (Lipinski definition) is 1. The Bertz CT molecular complexity index is 542. The van der Waals surface area contributed by atoms with E-state index in [9.17, 15) is 4.39 Å². The van der Waals surface area contributed by atoms with Gasteiger partial charge in [-0.15, -0.1) is 5.10 Å². The van der Waals surface area contributed by atoms with Gasteiger partial charge in [-0.1, -0.05) is 6.92 Å². The zero-order valence-electron chi connectivity index (χ0n) is 10.1. The van der Waals surface area contributed by atoms with Crippen LogP contribution in [0.4, 0.5) is 4.39 Å². The van der Waals surface area contributed by atoms with Gasteiger partial charge in [0.05, 0.1) is 16.2 Å². The third-order valence-corrected chi connectivity index (χ3v) is 3.18. The summed E-state index contributed by atoms with van der Waals surface area (Å²) in [6, 6.07) is 4.78. The van der Waals surface area contributed by atoms with E-state index in [1.54, 1.807) is 12.1 Å². The van der Waals surface area contributed by atoms with Crippen LogP contribution in [0.15, 0.2) is 22.7 Å². The molecule has 1 unspecified atom stereocenters. The third-order valence-electron chi connectivity index (χ3n) is 2.54. The Morgan fingerprint density at radius 3 is 2.94 bits per heavy atom. The van der Waals surface area contributed by atoms with Gasteiger partial charge in [0.15, 0.2) is 5.82 Å². The van der Waals surface area contributed by atoms with Crippen LogP contribution in [0.5, 0.6) is 0 Å². The molecule has 1 aromatic heterocycles. The van der Waals surface area contributed by atoms with Crippen molar-refractivity contribution in [1.82, 2.24) is 25.5 Å². The van der Waals surface area contributed by atoms with Gasteiger partial charge in [-0.05, 0) is 52.0 Å². The van der Waals surface area contributed by atoms with Gasteiger partial charge in [0.25, 0.3) is 0 Å². The minimum atomic E-state index is -0.343. The molecule has 1 aromatic carbocycles. The number of rotatable bonds is 4. The number of benzene rings is 1. The Balaban J connectivity index is 2.39. The van der Waals surface area contributed by atoms with Crippen LogP contribution in [-0.2, 0) is 0 Å². The van der Waals surface area contributed by atoms with Crippen molar-refractivity contribution in [2.24, 2.45) is 0 Å². The Kier molecular flexibility index (Phi) is 4.03. The fraction of sp³-hybridized carbons (Fsp3) is 0.364. The van der Waals surface area contributed by atoms with Gasteiger partial charge >= 0.3 is 0 Å². The molecule has 18 heavy (non-hydrogen) atoms. The molecule has 96 valence electrons. The SMILES string of the molecule is CCNC(C)c1nnnn1-c1ccc(Br)c(F)c1. The molecule has 0 spiro atoms. The normalized spacial score (nSPS) is 12.7. The van der Waals surface area contributed by atoms with Crippen molar-refractivity contribution < 1.29 is 4.39 Å². The summed E-state index contributed by atoms with van der Waals surface area (Å²) < 4.78 is 15.5. The van der Waals surface area contributed by atoms with Gasteiger partial charge in [-0.3, -0.25) is 0 Å². The summed E-state index contributed by atoms with van der Waals surface area (Å²) in [4.78, 5) is 0. The van der Waals surface area contributed by atoms with Gasteiger partial charge in [0, 0.05) is 6.07 Å². The molecule has 1 heterocycles. The summed E-state index contributed by atoms with van der Waals surface area (Å²) in [5, 5.41) is 14.7. The Hall–Kier alpha value is -1.34. The molecule has 0 amide bonds. The van der Waals surface area contributed by atoms with Crippen LogP contribution in [0, 0.1) is 5.82 Å². The molecular formula is C11H13BrFN5. The Morgan fingerprint density at radius 1 is 1.50 bits per heavy atom. The van der Waals surface area contributed by atoms with Crippen LogP contribution in [0.3, 0.4) is 0 Å². The van der Waals surface area contributed by atoms with Crippen molar-refractivity contribution in [3.05, 3.63) is 34.3 Å². The molecule has 0 fully saturated rings. The monoisotopic (exact) mass is 313 g/mol. The molecule has 0 aliphatic carbocycles. The molecule has 0 radical (unpaired) electrons. The molecule has 0 aliphatic rings. The zero-order chi connectivity index (χ0) is 13.1. The van der Waals surface area contributed by atoms with Gasteiger partial charge in [0.1, 0.15) is 5.82 Å². The molecule has 5 nitrogen and oxygen atoms in total. The summed E-state index contributed by atoms with van der Waals surface area (Å²) in [5.41, 5.74) is 0.598. The van der Waals surface area contributed by atoms with Crippen LogP contribution >= 0.6 is 15.9 Å². The molecule has 0 saturated heterocycles. The first-order valence-corrected chi connectivity index (χ1v) is 6.40. The number of hydrogen-bond acceptors (Lipinski definition) is 4. The van der Waals surface area contributed by atoms with Gasteiger partial charge in [-0.2, -0.15) is 4.68 Å². The lowest BCUT2D eigenvalue weighted by Crippen LogP contribution is -2.21. The van der Waals surface area contributed by atoms with Crippen LogP contribution in [0.2, 0.25) is 0 Å². The second-order valence-electron chi connectivity index (χ2n) is 3.83. The van der Waals surface area contributed by atoms with Gasteiger partial charge in [0.2, 0.25) is 0 Å². The highest BCUT2D eigenvalue weighted by Gasteiger charge is 2.15. The molecule has 0 saturated carbocycles. The van der Waals surface area contributed by atoms with E-state index >= 15 is 0 Å². The maximum atomic E-state index is 13.5. The number of nitrogens with one attached hydrogen (secondary N) is 1. The van der Waals surface area contributed by atoms with E-state index in [1.165, 1.54) is 10.7 Å². The first kappa shape index (κ1) is 13.1. The highest BCUT2D eigenvalue weighted by atomic mass is 79.9. The Morgan fingerprint density at radius 2 is 2.28 bits per heavy atom. The largest absolute Gasteiger partial charge is 0.308 e. The van der Waals surface area contributed by atoms with E-state index in [0.717, 1.165) is 6.54 Å². The zero-order valence-corrected chi connectivity index (χ0v) is 11.6. The molecule has 2 aromatic rings. The summed E-state index contributed by atoms with van der Waals surface area (Å²) in [6.07, 6.45) is 0. The molecule has 1 atom stereocenters. The predicted molar refractivity (Wildman–Crippen MR) is 68.9 cm³/mol. The summed E-state index contributed by atoms with van der Waals surface area (Å²) in [7, 11) is 0. The highest BCUT2D eigenvalue weighted by Crippen LogP contribution is 2.20. The van der Waals surface area contributed by atoms with E-state index in [-0.39, 0.29) is 11.9 Å². The number of tetrazole rings is 1. The topological polar surface area (TPSA) is 55.6 Å². The Labute approximate surface area is 113 Å². The van der Waals surface area contributed by atoms with Gasteiger partial charge in [-0.25, -0.2) is 4.39 Å². The maximum absolute atomic E-state index is 13.5. The lowest BCUT2D eigenvalue weighted by molar-refractivity contribution is 0.549. The van der Waals surface area contributed by atoms with Crippen LogP contribution in [0.1, 0.15) is 25.7 Å². The van der Waals surface area contributed by atoms with Crippen molar-refractivity contribution in [3.8, 4) is 5.69 Å². The van der Waals surface area contributed by atoms with Crippen LogP contribution in [-0.4, -0.2) is 26.8 Å². The van der Waals surface area contributed by atoms with Crippen molar-refractivity contribution in [2.75, 3.05) is 6.54 Å². The van der Waals surface area contributed by atoms with E-state index in [4.69, 9.17) is 0 Å². The molecule has 0 bridgehead atoms. The molecular weight excluding hydrogens is 301 g/mol. The van der Waals surface area contributed by atoms with Crippen molar-refractivity contribution in [2.45, 2.75) is 19.9 Å². The standard InChI is InChI=1S/C11H13BrFN5/c1-3-14-7(2)11-15-16-17-18(11)8-4-5-9(12)10(13)6-8/h4-7,14H,3H2,1-2H3. The molecule has 1 N–H and O–H groups in total. The summed E-state index contributed by atoms with van der Waals surface area (Å²) in [5.74, 6) is 0.309. The van der Waals surface area contributed by atoms with Crippen LogP contribution in [0.25, 0.3) is 5.69 Å². The van der Waals surface area contributed by atoms with E-state index in [0.29, 0.717) is 16.0 Å². The predicted octanol–water partition coefficient (Wildman–Crippen LogP) is 2.23. The average Bonchev–Trinajstić information content (AvgIpc) is 2.82. The number of nitrogens with zero attached hydrogens (tertiary/aromatic N) is 4. The quantitative estimate of drug-likeness (QED) is 0.940. The van der Waals surface area contributed by atoms with Crippen molar-refractivity contribution in [1.29, 1.82) is 0 Å². The van der Waals surface area contributed by atoms with E-state index in [1.807, 2.05) is 13.8 Å². The number of halogens is 2. The number of aromatic nitrogens is 4. The fourth-order valence-corrected chi connectivity index (χ4v) is 1.91. The van der Waals surface area contributed by atoms with E-state index in [2.05, 4.69) is 36.8 Å². The fourth-order valence-electron chi connectivity index (χ4n) is 1.66. The molecule has 2 rings (SSSR count). The average molecular weight is 314 g/mol. The summed E-state index contributed by atoms with van der Waals surface area (Å²) >= 11 is 3.12. The first-order valence-electron chi connectivity index (χ1n) is 5.60. The molecule has 7 heteroatoms. The highest BCUT2D eigenvalue weighted by molar-refractivity contribution is 9.10. The first-order chi connectivity index (χ1) is 8.63. The van der Waals surface area contributed by atoms with Gasteiger partial charge < -0.3 is 5.32 Å². The smallest absolute Gasteiger partial charge is 0.173 e. The van der Waals surface area contributed by atoms with Crippen LogP contribution < -0.4 is 5.32 Å². The second kappa shape index (κ2) is 5.53. The second-order valence-corrected chi connectivity index (χ2v) is 4.68. The van der Waals surface area contributed by atoms with Crippen molar-refractivity contribution >= 4 is 15.9 Å².